The molecule has 0 N–H and O–H groups in total. The van der Waals surface area contributed by atoms with E-state index >= 15 is 0 Å². The number of ether oxygens (including phenoxy) is 1. The van der Waals surface area contributed by atoms with E-state index in [1.807, 2.05) is 26.0 Å². The molecule has 0 aliphatic carbocycles. The van der Waals surface area contributed by atoms with E-state index in [1.165, 1.54) is 6.26 Å². The molecule has 1 aromatic rings. The van der Waals surface area contributed by atoms with E-state index in [4.69, 9.17) is 4.74 Å². The van der Waals surface area contributed by atoms with E-state index in [9.17, 15) is 18.0 Å². The average Bonchev–Trinajstić information content (AvgIpc) is 2.59. The first kappa shape index (κ1) is 23.2. The van der Waals surface area contributed by atoms with Crippen molar-refractivity contribution in [3.63, 3.8) is 0 Å². The van der Waals surface area contributed by atoms with E-state index in [2.05, 4.69) is 0 Å². The van der Waals surface area contributed by atoms with Crippen molar-refractivity contribution in [3.8, 4) is 0 Å². The van der Waals surface area contributed by atoms with E-state index in [-0.39, 0.29) is 24.6 Å². The smallest absolute Gasteiger partial charge is 0.410 e. The zero-order valence-electron chi connectivity index (χ0n) is 18.2. The van der Waals surface area contributed by atoms with Crippen LogP contribution in [0.1, 0.15) is 48.7 Å². The maximum Gasteiger partial charge on any atom is 0.410 e. The van der Waals surface area contributed by atoms with Gasteiger partial charge in [0.05, 0.1) is 11.8 Å². The Kier molecular flexibility index (Phi) is 6.98. The quantitative estimate of drug-likeness (QED) is 0.742. The van der Waals surface area contributed by atoms with E-state index in [0.29, 0.717) is 18.7 Å². The lowest BCUT2D eigenvalue weighted by Crippen LogP contribution is -2.57. The summed E-state index contributed by atoms with van der Waals surface area (Å²) in [5, 5.41) is 0. The zero-order chi connectivity index (χ0) is 22.0. The van der Waals surface area contributed by atoms with Crippen molar-refractivity contribution >= 4 is 21.8 Å². The average molecular weight is 425 g/mol. The Labute approximate surface area is 173 Å². The number of benzene rings is 1. The monoisotopic (exact) mass is 424 g/mol. The molecule has 2 amide bonds. The fraction of sp³-hybridized carbons (Fsp3) is 0.619. The highest BCUT2D eigenvalue weighted by Gasteiger charge is 2.35. The van der Waals surface area contributed by atoms with Crippen molar-refractivity contribution in [2.45, 2.75) is 52.7 Å². The third-order valence-electron chi connectivity index (χ3n) is 5.05. The lowest BCUT2D eigenvalue weighted by Gasteiger charge is -2.42. The maximum atomic E-state index is 13.1. The minimum absolute atomic E-state index is 0.0531. The molecule has 1 aromatic carbocycles. The Morgan fingerprint density at radius 2 is 1.83 bits per heavy atom. The topological polar surface area (TPSA) is 84.0 Å². The molecule has 1 heterocycles. The number of aryl methyl sites for hydroxylation is 1. The predicted molar refractivity (Wildman–Crippen MR) is 113 cm³/mol. The molecule has 0 spiro atoms. The summed E-state index contributed by atoms with van der Waals surface area (Å²) in [6, 6.07) is 5.20. The Morgan fingerprint density at radius 3 is 2.41 bits per heavy atom. The van der Waals surface area contributed by atoms with Gasteiger partial charge in [0.1, 0.15) is 15.4 Å². The summed E-state index contributed by atoms with van der Waals surface area (Å²) in [7, 11) is -3.19. The fourth-order valence-electron chi connectivity index (χ4n) is 3.35. The van der Waals surface area contributed by atoms with Gasteiger partial charge in [-0.1, -0.05) is 12.1 Å². The van der Waals surface area contributed by atoms with Crippen LogP contribution in [0.25, 0.3) is 0 Å². The number of rotatable bonds is 4. The second kappa shape index (κ2) is 8.73. The van der Waals surface area contributed by atoms with Crippen LogP contribution >= 0.6 is 0 Å². The molecule has 2 rings (SSSR count). The number of nitrogens with zero attached hydrogens (tertiary/aromatic N) is 2. The number of hydrogen-bond acceptors (Lipinski definition) is 5. The number of hydrogen-bond donors (Lipinski definition) is 0. The van der Waals surface area contributed by atoms with Gasteiger partial charge in [0, 0.05) is 31.5 Å². The third-order valence-corrected chi connectivity index (χ3v) is 6.03. The highest BCUT2D eigenvalue weighted by atomic mass is 32.2. The summed E-state index contributed by atoms with van der Waals surface area (Å²) in [5.41, 5.74) is 1.96. The first-order chi connectivity index (χ1) is 13.3. The normalized spacial score (nSPS) is 17.9. The molecule has 0 bridgehead atoms. The third kappa shape index (κ3) is 6.45. The Bertz CT molecular complexity index is 874. The minimum atomic E-state index is -3.19. The van der Waals surface area contributed by atoms with Crippen LogP contribution in [0.2, 0.25) is 0 Å². The molecule has 162 valence electrons. The van der Waals surface area contributed by atoms with Gasteiger partial charge in [-0.15, -0.1) is 0 Å². The van der Waals surface area contributed by atoms with Crippen LogP contribution < -0.4 is 0 Å². The summed E-state index contributed by atoms with van der Waals surface area (Å²) in [6.07, 6.45) is 0.955. The zero-order valence-corrected chi connectivity index (χ0v) is 19.0. The fourth-order valence-corrected chi connectivity index (χ4v) is 4.05. The Balaban J connectivity index is 2.22. The number of amides is 2. The number of sulfone groups is 1. The van der Waals surface area contributed by atoms with Crippen molar-refractivity contribution in [3.05, 3.63) is 34.9 Å². The minimum Gasteiger partial charge on any atom is -0.444 e. The van der Waals surface area contributed by atoms with Gasteiger partial charge in [-0.05, 0) is 58.2 Å². The molecule has 1 unspecified atom stereocenters. The lowest BCUT2D eigenvalue weighted by atomic mass is 10.0. The van der Waals surface area contributed by atoms with Gasteiger partial charge in [-0.3, -0.25) is 4.79 Å². The molecule has 1 saturated heterocycles. The lowest BCUT2D eigenvalue weighted by molar-refractivity contribution is -0.00111. The molecule has 1 aliphatic heterocycles. The van der Waals surface area contributed by atoms with Gasteiger partial charge < -0.3 is 14.5 Å². The van der Waals surface area contributed by atoms with E-state index in [0.717, 1.165) is 11.1 Å². The Morgan fingerprint density at radius 1 is 1.17 bits per heavy atom. The van der Waals surface area contributed by atoms with Crippen LogP contribution in [0.3, 0.4) is 0 Å². The van der Waals surface area contributed by atoms with Gasteiger partial charge in [0.15, 0.2) is 0 Å². The molecule has 8 heteroatoms. The van der Waals surface area contributed by atoms with Crippen molar-refractivity contribution in [1.29, 1.82) is 0 Å². The number of carbonyl (C=O) groups is 2. The van der Waals surface area contributed by atoms with E-state index in [1.54, 1.807) is 36.6 Å². The molecule has 0 saturated carbocycles. The van der Waals surface area contributed by atoms with E-state index < -0.39 is 27.6 Å². The van der Waals surface area contributed by atoms with Crippen LogP contribution in [-0.2, 0) is 14.6 Å². The molecule has 29 heavy (non-hydrogen) atoms. The summed E-state index contributed by atoms with van der Waals surface area (Å²) < 4.78 is 28.9. The van der Waals surface area contributed by atoms with Crippen LogP contribution in [0, 0.1) is 13.8 Å². The van der Waals surface area contributed by atoms with Crippen molar-refractivity contribution in [2.75, 3.05) is 31.6 Å². The number of piperazine rings is 1. The Hall–Kier alpha value is -2.09. The van der Waals surface area contributed by atoms with Gasteiger partial charge in [-0.25, -0.2) is 13.2 Å². The highest BCUT2D eigenvalue weighted by molar-refractivity contribution is 7.90. The first-order valence-electron chi connectivity index (χ1n) is 9.81. The van der Waals surface area contributed by atoms with Crippen LogP contribution in [0.4, 0.5) is 4.79 Å². The SMILES string of the molecule is Cc1cccc(C(=O)N2CCN(C(=O)OC(C)(C)C)C(CCS(C)(=O)=O)C2)c1C. The van der Waals surface area contributed by atoms with Gasteiger partial charge >= 0.3 is 6.09 Å². The van der Waals surface area contributed by atoms with Crippen molar-refractivity contribution in [2.24, 2.45) is 0 Å². The molecule has 1 fully saturated rings. The molecule has 1 atom stereocenters. The largest absolute Gasteiger partial charge is 0.444 e. The second-order valence-corrected chi connectivity index (χ2v) is 11.0. The first-order valence-corrected chi connectivity index (χ1v) is 11.9. The van der Waals surface area contributed by atoms with Crippen molar-refractivity contribution < 1.29 is 22.7 Å². The van der Waals surface area contributed by atoms with Gasteiger partial charge in [-0.2, -0.15) is 0 Å². The highest BCUT2D eigenvalue weighted by Crippen LogP contribution is 2.21. The molecule has 7 nitrogen and oxygen atoms in total. The van der Waals surface area contributed by atoms with Gasteiger partial charge in [0.2, 0.25) is 0 Å². The summed E-state index contributed by atoms with van der Waals surface area (Å²) in [4.78, 5) is 29.0. The van der Waals surface area contributed by atoms with Crippen LogP contribution in [0.15, 0.2) is 18.2 Å². The van der Waals surface area contributed by atoms with Crippen LogP contribution in [-0.4, -0.2) is 73.5 Å². The molecule has 1 aliphatic rings. The number of carbonyl (C=O) groups excluding carboxylic acids is 2. The summed E-state index contributed by atoms with van der Waals surface area (Å²) >= 11 is 0. The van der Waals surface area contributed by atoms with Gasteiger partial charge in [0.25, 0.3) is 5.91 Å². The molecule has 0 aromatic heterocycles. The molecular weight excluding hydrogens is 392 g/mol. The molecule has 0 radical (unpaired) electrons. The summed E-state index contributed by atoms with van der Waals surface area (Å²) in [6.45, 7) is 10.2. The second-order valence-electron chi connectivity index (χ2n) is 8.74. The predicted octanol–water partition coefficient (Wildman–Crippen LogP) is 2.80. The van der Waals surface area contributed by atoms with Crippen LogP contribution in [0.5, 0.6) is 0 Å². The van der Waals surface area contributed by atoms with Crippen molar-refractivity contribution in [1.82, 2.24) is 9.80 Å². The summed E-state index contributed by atoms with van der Waals surface area (Å²) in [5.74, 6) is -0.151. The standard InChI is InChI=1S/C21H32N2O5S/c1-15-8-7-9-18(16(15)2)19(24)22-11-12-23(20(25)28-21(3,4)5)17(14-22)10-13-29(6,26)27/h7-9,17H,10-14H2,1-6H3. The molecular formula is C21H32N2O5S. The maximum absolute atomic E-state index is 13.1.